The maximum absolute atomic E-state index is 13.0. The molecule has 3 nitrogen and oxygen atoms in total. The number of hydrogen-bond donors (Lipinski definition) is 2. The van der Waals surface area contributed by atoms with Crippen LogP contribution in [0.1, 0.15) is 5.56 Å². The first kappa shape index (κ1) is 15.3. The zero-order valence-corrected chi connectivity index (χ0v) is 11.7. The second-order valence-corrected chi connectivity index (χ2v) is 4.68. The average molecular weight is 317 g/mol. The Morgan fingerprint density at radius 2 is 1.86 bits per heavy atom. The normalized spacial score (nSPS) is 11.3. The number of methoxy groups -OCH3 is 1. The van der Waals surface area contributed by atoms with E-state index in [0.29, 0.717) is 16.5 Å². The predicted octanol–water partition coefficient (Wildman–Crippen LogP) is 4.69. The van der Waals surface area contributed by atoms with Crippen molar-refractivity contribution in [2.45, 2.75) is 6.18 Å². The number of anilines is 3. The highest BCUT2D eigenvalue weighted by molar-refractivity contribution is 6.32. The fourth-order valence-corrected chi connectivity index (χ4v) is 1.99. The minimum Gasteiger partial charge on any atom is -0.495 e. The average Bonchev–Trinajstić information content (AvgIpc) is 2.41. The van der Waals surface area contributed by atoms with Gasteiger partial charge in [0.1, 0.15) is 5.75 Å². The van der Waals surface area contributed by atoms with Crippen LogP contribution in [0.2, 0.25) is 5.02 Å². The highest BCUT2D eigenvalue weighted by Gasteiger charge is 2.33. The molecule has 0 radical (unpaired) electrons. The lowest BCUT2D eigenvalue weighted by molar-refractivity contribution is -0.136. The van der Waals surface area contributed by atoms with Crippen LogP contribution in [0.3, 0.4) is 0 Å². The Balaban J connectivity index is 2.40. The first-order valence-electron chi connectivity index (χ1n) is 5.88. The van der Waals surface area contributed by atoms with Gasteiger partial charge in [-0.05, 0) is 30.3 Å². The molecule has 0 aliphatic heterocycles. The van der Waals surface area contributed by atoms with Gasteiger partial charge in [0, 0.05) is 17.4 Å². The molecule has 2 rings (SSSR count). The van der Waals surface area contributed by atoms with Gasteiger partial charge in [-0.25, -0.2) is 0 Å². The van der Waals surface area contributed by atoms with Crippen LogP contribution in [0, 0.1) is 0 Å². The Morgan fingerprint density at radius 1 is 1.14 bits per heavy atom. The lowest BCUT2D eigenvalue weighted by Gasteiger charge is -2.16. The van der Waals surface area contributed by atoms with Gasteiger partial charge in [0.05, 0.1) is 23.4 Å². The van der Waals surface area contributed by atoms with Gasteiger partial charge in [-0.1, -0.05) is 11.6 Å². The molecule has 0 atom stereocenters. The van der Waals surface area contributed by atoms with E-state index in [0.717, 1.165) is 6.07 Å². The second kappa shape index (κ2) is 5.73. The molecule has 0 spiro atoms. The summed E-state index contributed by atoms with van der Waals surface area (Å²) in [6.07, 6.45) is -4.51. The predicted molar refractivity (Wildman–Crippen MR) is 77.1 cm³/mol. The highest BCUT2D eigenvalue weighted by Crippen LogP contribution is 2.38. The summed E-state index contributed by atoms with van der Waals surface area (Å²) in [6, 6.07) is 8.16. The van der Waals surface area contributed by atoms with E-state index in [2.05, 4.69) is 5.32 Å². The summed E-state index contributed by atoms with van der Waals surface area (Å²) in [7, 11) is 1.43. The van der Waals surface area contributed by atoms with Crippen LogP contribution < -0.4 is 15.8 Å². The molecule has 0 saturated carbocycles. The maximum Gasteiger partial charge on any atom is 0.418 e. The summed E-state index contributed by atoms with van der Waals surface area (Å²) in [5.41, 5.74) is 4.95. The van der Waals surface area contributed by atoms with Crippen molar-refractivity contribution in [3.63, 3.8) is 0 Å². The van der Waals surface area contributed by atoms with Crippen LogP contribution in [-0.4, -0.2) is 7.11 Å². The first-order valence-corrected chi connectivity index (χ1v) is 6.26. The van der Waals surface area contributed by atoms with Crippen LogP contribution >= 0.6 is 11.6 Å². The van der Waals surface area contributed by atoms with E-state index in [1.807, 2.05) is 0 Å². The second-order valence-electron chi connectivity index (χ2n) is 4.28. The lowest BCUT2D eigenvalue weighted by atomic mass is 10.1. The van der Waals surface area contributed by atoms with Crippen LogP contribution in [-0.2, 0) is 6.18 Å². The van der Waals surface area contributed by atoms with E-state index in [1.54, 1.807) is 6.07 Å². The van der Waals surface area contributed by atoms with Crippen molar-refractivity contribution in [3.8, 4) is 5.75 Å². The van der Waals surface area contributed by atoms with E-state index in [4.69, 9.17) is 22.1 Å². The number of rotatable bonds is 3. The van der Waals surface area contributed by atoms with Crippen LogP contribution in [0.15, 0.2) is 36.4 Å². The fraction of sp³-hybridized carbons (Fsp3) is 0.143. The van der Waals surface area contributed by atoms with Gasteiger partial charge in [-0.15, -0.1) is 0 Å². The summed E-state index contributed by atoms with van der Waals surface area (Å²) in [5.74, 6) is 0.366. The molecule has 0 amide bonds. The smallest absolute Gasteiger partial charge is 0.418 e. The number of nitrogens with one attached hydrogen (secondary N) is 1. The first-order chi connectivity index (χ1) is 9.81. The Hall–Kier alpha value is -2.08. The highest BCUT2D eigenvalue weighted by atomic mass is 35.5. The van der Waals surface area contributed by atoms with Gasteiger partial charge in [0.2, 0.25) is 0 Å². The van der Waals surface area contributed by atoms with Crippen molar-refractivity contribution in [3.05, 3.63) is 47.0 Å². The number of ether oxygens (including phenoxy) is 1. The Morgan fingerprint density at radius 3 is 2.48 bits per heavy atom. The molecule has 0 saturated heterocycles. The summed E-state index contributed by atoms with van der Waals surface area (Å²) >= 11 is 5.87. The van der Waals surface area contributed by atoms with Crippen molar-refractivity contribution in [2.75, 3.05) is 18.2 Å². The van der Waals surface area contributed by atoms with Gasteiger partial charge < -0.3 is 15.8 Å². The molecule has 0 fully saturated rings. The van der Waals surface area contributed by atoms with E-state index >= 15 is 0 Å². The number of alkyl halides is 3. The van der Waals surface area contributed by atoms with Gasteiger partial charge >= 0.3 is 6.18 Å². The Kier molecular flexibility index (Phi) is 4.18. The third-order valence-corrected chi connectivity index (χ3v) is 3.09. The zero-order chi connectivity index (χ0) is 15.6. The molecule has 2 aromatic carbocycles. The third-order valence-electron chi connectivity index (χ3n) is 2.78. The van der Waals surface area contributed by atoms with Crippen molar-refractivity contribution < 1.29 is 17.9 Å². The molecule has 0 bridgehead atoms. The standard InChI is InChI=1S/C14H12ClF3N2O/c1-21-13-7-9(3-4-11(13)15)20-12-5-2-8(19)6-10(12)14(16,17)18/h2-7,20H,19H2,1H3. The van der Waals surface area contributed by atoms with Gasteiger partial charge in [0.25, 0.3) is 0 Å². The van der Waals surface area contributed by atoms with Crippen LogP contribution in [0.4, 0.5) is 30.2 Å². The maximum atomic E-state index is 13.0. The Labute approximate surface area is 124 Å². The molecule has 3 N–H and O–H groups in total. The molecule has 0 aliphatic rings. The molecule has 0 unspecified atom stereocenters. The number of hydrogen-bond acceptors (Lipinski definition) is 3. The topological polar surface area (TPSA) is 47.3 Å². The summed E-state index contributed by atoms with van der Waals surface area (Å²) in [4.78, 5) is 0. The summed E-state index contributed by atoms with van der Waals surface area (Å²) < 4.78 is 44.0. The monoisotopic (exact) mass is 316 g/mol. The van der Waals surface area contributed by atoms with Gasteiger partial charge in [-0.3, -0.25) is 0 Å². The van der Waals surface area contributed by atoms with Crippen LogP contribution in [0.5, 0.6) is 5.75 Å². The van der Waals surface area contributed by atoms with E-state index < -0.39 is 11.7 Å². The van der Waals surface area contributed by atoms with Crippen molar-refractivity contribution in [1.82, 2.24) is 0 Å². The molecular formula is C14H12ClF3N2O. The summed E-state index contributed by atoms with van der Waals surface area (Å²) in [6.45, 7) is 0. The molecule has 21 heavy (non-hydrogen) atoms. The van der Waals surface area contributed by atoms with E-state index in [1.165, 1.54) is 31.4 Å². The summed E-state index contributed by atoms with van der Waals surface area (Å²) in [5, 5.41) is 3.07. The van der Waals surface area contributed by atoms with Crippen molar-refractivity contribution in [1.29, 1.82) is 0 Å². The minimum absolute atomic E-state index is 0.0431. The zero-order valence-electron chi connectivity index (χ0n) is 11.0. The van der Waals surface area contributed by atoms with Crippen molar-refractivity contribution >= 4 is 28.7 Å². The largest absolute Gasteiger partial charge is 0.495 e. The molecular weight excluding hydrogens is 305 g/mol. The number of halogens is 4. The Bertz CT molecular complexity index is 659. The molecule has 7 heteroatoms. The molecule has 0 aliphatic carbocycles. The van der Waals surface area contributed by atoms with Crippen LogP contribution in [0.25, 0.3) is 0 Å². The number of nitrogen functional groups attached to an aromatic ring is 1. The van der Waals surface area contributed by atoms with Gasteiger partial charge in [-0.2, -0.15) is 13.2 Å². The third kappa shape index (κ3) is 3.52. The van der Waals surface area contributed by atoms with E-state index in [-0.39, 0.29) is 11.4 Å². The molecule has 112 valence electrons. The molecule has 2 aromatic rings. The van der Waals surface area contributed by atoms with E-state index in [9.17, 15) is 13.2 Å². The quantitative estimate of drug-likeness (QED) is 0.807. The SMILES string of the molecule is COc1cc(Nc2ccc(N)cc2C(F)(F)F)ccc1Cl. The number of benzene rings is 2. The molecule has 0 aromatic heterocycles. The number of nitrogens with two attached hydrogens (primary N) is 1. The fourth-order valence-electron chi connectivity index (χ4n) is 1.80. The molecule has 0 heterocycles. The minimum atomic E-state index is -4.51. The lowest BCUT2D eigenvalue weighted by Crippen LogP contribution is -2.09. The van der Waals surface area contributed by atoms with Crippen molar-refractivity contribution in [2.24, 2.45) is 0 Å². The van der Waals surface area contributed by atoms with Gasteiger partial charge in [0.15, 0.2) is 0 Å².